The monoisotopic (exact) mass is 354 g/mol. The largest absolute Gasteiger partial charge is 0.454 e. The van der Waals surface area contributed by atoms with Gasteiger partial charge in [0, 0.05) is 11.1 Å². The maximum absolute atomic E-state index is 12.7. The summed E-state index contributed by atoms with van der Waals surface area (Å²) < 4.78 is 12.7. The number of benzene rings is 1. The second kappa shape index (κ2) is 6.64. The van der Waals surface area contributed by atoms with Gasteiger partial charge in [-0.25, -0.2) is 0 Å². The maximum atomic E-state index is 12.7. The Morgan fingerprint density at radius 3 is 2.96 bits per heavy atom. The molecule has 2 aromatic heterocycles. The van der Waals surface area contributed by atoms with E-state index >= 15 is 0 Å². The fourth-order valence-electron chi connectivity index (χ4n) is 2.86. The van der Waals surface area contributed by atoms with Gasteiger partial charge in [-0.3, -0.25) is 4.79 Å². The molecule has 128 valence electrons. The molecule has 1 aliphatic rings. The minimum atomic E-state index is -0.132. The molecule has 6 heteroatoms. The Labute approximate surface area is 149 Å². The van der Waals surface area contributed by atoms with Gasteiger partial charge in [-0.05, 0) is 48.2 Å². The highest BCUT2D eigenvalue weighted by molar-refractivity contribution is 7.09. The van der Waals surface area contributed by atoms with Crippen LogP contribution in [0.2, 0.25) is 0 Å². The fourth-order valence-corrected chi connectivity index (χ4v) is 3.57. The van der Waals surface area contributed by atoms with E-state index in [4.69, 9.17) is 9.47 Å². The first kappa shape index (κ1) is 15.8. The maximum Gasteiger partial charge on any atom is 0.268 e. The van der Waals surface area contributed by atoms with Gasteiger partial charge in [-0.2, -0.15) is 0 Å². The predicted molar refractivity (Wildman–Crippen MR) is 96.3 cm³/mol. The second-order valence-electron chi connectivity index (χ2n) is 5.91. The zero-order chi connectivity index (χ0) is 17.2. The van der Waals surface area contributed by atoms with Gasteiger partial charge in [0.05, 0.1) is 12.6 Å². The van der Waals surface area contributed by atoms with Crippen LogP contribution in [-0.2, 0) is 6.54 Å². The third-order valence-electron chi connectivity index (χ3n) is 4.21. The number of amides is 1. The van der Waals surface area contributed by atoms with Crippen molar-refractivity contribution in [2.24, 2.45) is 0 Å². The number of carbonyl (C=O) groups is 1. The zero-order valence-electron chi connectivity index (χ0n) is 13.8. The molecule has 0 aliphatic carbocycles. The van der Waals surface area contributed by atoms with E-state index < -0.39 is 0 Å². The lowest BCUT2D eigenvalue weighted by molar-refractivity contribution is 0.0931. The third kappa shape index (κ3) is 3.25. The molecule has 25 heavy (non-hydrogen) atoms. The minimum absolute atomic E-state index is 0.0910. The van der Waals surface area contributed by atoms with Crippen LogP contribution >= 0.6 is 11.3 Å². The van der Waals surface area contributed by atoms with E-state index in [9.17, 15) is 4.79 Å². The SMILES string of the molecule is CC(NC(=O)c1cccn1Cc1cccs1)c1ccc2c(c1)OCO2. The van der Waals surface area contributed by atoms with Crippen molar-refractivity contribution < 1.29 is 14.3 Å². The average Bonchev–Trinajstić information content (AvgIpc) is 3.36. The molecule has 1 aromatic carbocycles. The van der Waals surface area contributed by atoms with Crippen molar-refractivity contribution in [3.05, 3.63) is 70.2 Å². The fraction of sp³-hybridized carbons (Fsp3) is 0.211. The number of thiophene rings is 1. The molecule has 1 atom stereocenters. The van der Waals surface area contributed by atoms with Gasteiger partial charge in [0.1, 0.15) is 5.69 Å². The summed E-state index contributed by atoms with van der Waals surface area (Å²) in [5.74, 6) is 1.37. The van der Waals surface area contributed by atoms with Crippen molar-refractivity contribution in [3.63, 3.8) is 0 Å². The summed E-state index contributed by atoms with van der Waals surface area (Å²) in [6.45, 7) is 2.91. The number of hydrogen-bond donors (Lipinski definition) is 1. The first-order chi connectivity index (χ1) is 12.2. The van der Waals surface area contributed by atoms with Gasteiger partial charge in [-0.15, -0.1) is 11.3 Å². The number of ether oxygens (including phenoxy) is 2. The molecule has 0 spiro atoms. The van der Waals surface area contributed by atoms with Gasteiger partial charge in [0.2, 0.25) is 6.79 Å². The minimum Gasteiger partial charge on any atom is -0.454 e. The van der Waals surface area contributed by atoms with Gasteiger partial charge < -0.3 is 19.4 Å². The van der Waals surface area contributed by atoms with Crippen LogP contribution in [0.1, 0.15) is 33.9 Å². The van der Waals surface area contributed by atoms with E-state index in [-0.39, 0.29) is 18.7 Å². The summed E-state index contributed by atoms with van der Waals surface area (Å²) >= 11 is 1.69. The molecule has 1 aliphatic heterocycles. The van der Waals surface area contributed by atoms with Crippen LogP contribution in [0.3, 0.4) is 0 Å². The highest BCUT2D eigenvalue weighted by atomic mass is 32.1. The quantitative estimate of drug-likeness (QED) is 0.758. The number of hydrogen-bond acceptors (Lipinski definition) is 4. The predicted octanol–water partition coefficient (Wildman–Crippen LogP) is 3.82. The van der Waals surface area contributed by atoms with E-state index in [1.807, 2.05) is 59.5 Å². The first-order valence-electron chi connectivity index (χ1n) is 8.08. The molecular formula is C19H18N2O3S. The number of carbonyl (C=O) groups excluding carboxylic acids is 1. The molecule has 3 heterocycles. The Kier molecular flexibility index (Phi) is 4.19. The van der Waals surface area contributed by atoms with Crippen LogP contribution < -0.4 is 14.8 Å². The zero-order valence-corrected chi connectivity index (χ0v) is 14.6. The lowest BCUT2D eigenvalue weighted by atomic mass is 10.1. The van der Waals surface area contributed by atoms with Gasteiger partial charge in [0.25, 0.3) is 5.91 Å². The molecule has 0 radical (unpaired) electrons. The van der Waals surface area contributed by atoms with E-state index in [0.717, 1.165) is 17.1 Å². The summed E-state index contributed by atoms with van der Waals surface area (Å²) in [5.41, 5.74) is 1.63. The highest BCUT2D eigenvalue weighted by Crippen LogP contribution is 2.34. The molecule has 0 bridgehead atoms. The van der Waals surface area contributed by atoms with Crippen LogP contribution in [0.15, 0.2) is 54.0 Å². The van der Waals surface area contributed by atoms with E-state index in [0.29, 0.717) is 12.2 Å². The van der Waals surface area contributed by atoms with E-state index in [1.54, 1.807) is 11.3 Å². The summed E-state index contributed by atoms with van der Waals surface area (Å²) in [4.78, 5) is 13.9. The summed E-state index contributed by atoms with van der Waals surface area (Å²) in [6, 6.07) is 13.4. The molecule has 3 aromatic rings. The molecule has 1 N–H and O–H groups in total. The third-order valence-corrected chi connectivity index (χ3v) is 5.07. The molecule has 1 unspecified atom stereocenters. The summed E-state index contributed by atoms with van der Waals surface area (Å²) in [7, 11) is 0. The number of nitrogens with one attached hydrogen (secondary N) is 1. The van der Waals surface area contributed by atoms with Crippen molar-refractivity contribution in [3.8, 4) is 11.5 Å². The number of nitrogens with zero attached hydrogens (tertiary/aromatic N) is 1. The van der Waals surface area contributed by atoms with Crippen LogP contribution in [0.5, 0.6) is 11.5 Å². The van der Waals surface area contributed by atoms with Crippen LogP contribution in [0.4, 0.5) is 0 Å². The van der Waals surface area contributed by atoms with Crippen molar-refractivity contribution in [1.29, 1.82) is 0 Å². The Morgan fingerprint density at radius 2 is 2.12 bits per heavy atom. The topological polar surface area (TPSA) is 52.5 Å². The first-order valence-corrected chi connectivity index (χ1v) is 8.96. The van der Waals surface area contributed by atoms with Crippen LogP contribution in [-0.4, -0.2) is 17.3 Å². The van der Waals surface area contributed by atoms with Crippen molar-refractivity contribution in [2.75, 3.05) is 6.79 Å². The van der Waals surface area contributed by atoms with Crippen LogP contribution in [0.25, 0.3) is 0 Å². The molecule has 1 amide bonds. The number of fused-ring (bicyclic) bond motifs is 1. The molecule has 4 rings (SSSR count). The summed E-state index contributed by atoms with van der Waals surface area (Å²) in [6.07, 6.45) is 1.93. The van der Waals surface area contributed by atoms with E-state index in [1.165, 1.54) is 4.88 Å². The Balaban J connectivity index is 1.48. The Bertz CT molecular complexity index is 886. The van der Waals surface area contributed by atoms with Crippen LogP contribution in [0, 0.1) is 0 Å². The van der Waals surface area contributed by atoms with Gasteiger partial charge >= 0.3 is 0 Å². The van der Waals surface area contributed by atoms with E-state index in [2.05, 4.69) is 11.4 Å². The number of aromatic nitrogens is 1. The molecule has 0 fully saturated rings. The van der Waals surface area contributed by atoms with Crippen molar-refractivity contribution >= 4 is 17.2 Å². The lowest BCUT2D eigenvalue weighted by Crippen LogP contribution is -2.28. The summed E-state index contributed by atoms with van der Waals surface area (Å²) in [5, 5.41) is 5.10. The Hall–Kier alpha value is -2.73. The lowest BCUT2D eigenvalue weighted by Gasteiger charge is -2.16. The normalized spacial score (nSPS) is 13.6. The van der Waals surface area contributed by atoms with Gasteiger partial charge in [0.15, 0.2) is 11.5 Å². The molecular weight excluding hydrogens is 336 g/mol. The second-order valence-corrected chi connectivity index (χ2v) is 6.94. The average molecular weight is 354 g/mol. The number of rotatable bonds is 5. The molecule has 5 nitrogen and oxygen atoms in total. The standard InChI is InChI=1S/C19H18N2O3S/c1-13(14-6-7-17-18(10-14)24-12-23-17)20-19(22)16-5-2-8-21(16)11-15-4-3-9-25-15/h2-10,13H,11-12H2,1H3,(H,20,22). The van der Waals surface area contributed by atoms with Crippen molar-refractivity contribution in [2.45, 2.75) is 19.5 Å². The smallest absolute Gasteiger partial charge is 0.268 e. The molecule has 0 saturated heterocycles. The Morgan fingerprint density at radius 1 is 1.24 bits per heavy atom. The highest BCUT2D eigenvalue weighted by Gasteiger charge is 2.18. The van der Waals surface area contributed by atoms with Gasteiger partial charge in [-0.1, -0.05) is 12.1 Å². The van der Waals surface area contributed by atoms with Crippen molar-refractivity contribution in [1.82, 2.24) is 9.88 Å². The molecule has 0 saturated carbocycles.